The first-order valence-electron chi connectivity index (χ1n) is 8.47. The highest BCUT2D eigenvalue weighted by Crippen LogP contribution is 2.32. The normalized spacial score (nSPS) is 13.1. The van der Waals surface area contributed by atoms with Gasteiger partial charge in [0.25, 0.3) is 0 Å². The lowest BCUT2D eigenvalue weighted by atomic mass is 9.85. The molecular formula is C20H26IN3O2. The van der Waals surface area contributed by atoms with Crippen LogP contribution >= 0.6 is 24.0 Å². The van der Waals surface area contributed by atoms with Crippen LogP contribution in [0, 0.1) is 0 Å². The van der Waals surface area contributed by atoms with Gasteiger partial charge in [-0.3, -0.25) is 4.99 Å². The molecule has 0 amide bonds. The predicted molar refractivity (Wildman–Crippen MR) is 116 cm³/mol. The number of nitrogens with zero attached hydrogens (tertiary/aromatic N) is 1. The zero-order valence-corrected chi connectivity index (χ0v) is 17.7. The first kappa shape index (κ1) is 20.4. The maximum absolute atomic E-state index is 5.42. The van der Waals surface area contributed by atoms with E-state index in [4.69, 9.17) is 9.47 Å². The summed E-state index contributed by atoms with van der Waals surface area (Å²) < 4.78 is 10.8. The van der Waals surface area contributed by atoms with Crippen molar-refractivity contribution in [2.24, 2.45) is 4.99 Å². The number of hydrogen-bond acceptors (Lipinski definition) is 3. The van der Waals surface area contributed by atoms with Gasteiger partial charge >= 0.3 is 0 Å². The molecular weight excluding hydrogens is 441 g/mol. The van der Waals surface area contributed by atoms with Crippen molar-refractivity contribution in [3.05, 3.63) is 59.7 Å². The third-order valence-corrected chi connectivity index (χ3v) is 4.37. The second-order valence-electron chi connectivity index (χ2n) is 6.72. The van der Waals surface area contributed by atoms with E-state index in [-0.39, 0.29) is 29.4 Å². The second kappa shape index (κ2) is 9.12. The lowest BCUT2D eigenvalue weighted by Gasteiger charge is -2.26. The molecule has 5 nitrogen and oxygen atoms in total. The van der Waals surface area contributed by atoms with Crippen LogP contribution in [0.2, 0.25) is 0 Å². The van der Waals surface area contributed by atoms with Gasteiger partial charge in [-0.2, -0.15) is 0 Å². The van der Waals surface area contributed by atoms with Gasteiger partial charge in [-0.1, -0.05) is 50.2 Å². The molecule has 1 aliphatic rings. The quantitative estimate of drug-likeness (QED) is 0.401. The van der Waals surface area contributed by atoms with E-state index in [1.807, 2.05) is 24.3 Å². The summed E-state index contributed by atoms with van der Waals surface area (Å²) in [5, 5.41) is 6.76. The monoisotopic (exact) mass is 467 g/mol. The van der Waals surface area contributed by atoms with Gasteiger partial charge in [0.2, 0.25) is 6.79 Å². The van der Waals surface area contributed by atoms with Crippen molar-refractivity contribution in [1.29, 1.82) is 0 Å². The van der Waals surface area contributed by atoms with Crippen LogP contribution in [-0.4, -0.2) is 26.3 Å². The predicted octanol–water partition coefficient (Wildman–Crippen LogP) is 3.68. The number of halogens is 1. The lowest BCUT2D eigenvalue weighted by Crippen LogP contribution is -2.43. The van der Waals surface area contributed by atoms with Crippen LogP contribution in [0.25, 0.3) is 0 Å². The van der Waals surface area contributed by atoms with E-state index in [1.54, 1.807) is 7.05 Å². The smallest absolute Gasteiger partial charge is 0.231 e. The second-order valence-corrected chi connectivity index (χ2v) is 6.72. The van der Waals surface area contributed by atoms with E-state index in [9.17, 15) is 0 Å². The highest BCUT2D eigenvalue weighted by molar-refractivity contribution is 14.0. The van der Waals surface area contributed by atoms with Crippen LogP contribution < -0.4 is 20.1 Å². The molecule has 26 heavy (non-hydrogen) atoms. The fourth-order valence-corrected chi connectivity index (χ4v) is 2.75. The largest absolute Gasteiger partial charge is 0.454 e. The summed E-state index contributed by atoms with van der Waals surface area (Å²) in [6.45, 7) is 6.20. The summed E-state index contributed by atoms with van der Waals surface area (Å²) >= 11 is 0. The molecule has 0 bridgehead atoms. The molecule has 0 saturated carbocycles. The maximum Gasteiger partial charge on any atom is 0.231 e. The molecule has 140 valence electrons. The minimum atomic E-state index is 0. The number of fused-ring (bicyclic) bond motifs is 1. The highest BCUT2D eigenvalue weighted by atomic mass is 127. The first-order valence-corrected chi connectivity index (χ1v) is 8.47. The Labute approximate surface area is 172 Å². The van der Waals surface area contributed by atoms with Gasteiger partial charge in [0.1, 0.15) is 0 Å². The Bertz CT molecular complexity index is 748. The molecule has 2 aromatic rings. The summed E-state index contributed by atoms with van der Waals surface area (Å²) in [6, 6.07) is 16.5. The van der Waals surface area contributed by atoms with Gasteiger partial charge in [0, 0.05) is 25.6 Å². The van der Waals surface area contributed by atoms with Crippen molar-refractivity contribution in [3.8, 4) is 11.5 Å². The summed E-state index contributed by atoms with van der Waals surface area (Å²) in [5.74, 6) is 2.38. The molecule has 2 N–H and O–H groups in total. The van der Waals surface area contributed by atoms with E-state index in [2.05, 4.69) is 53.7 Å². The molecule has 0 aliphatic carbocycles. The molecule has 2 aromatic carbocycles. The molecule has 0 atom stereocenters. The fourth-order valence-electron chi connectivity index (χ4n) is 2.75. The molecule has 6 heteroatoms. The molecule has 0 aromatic heterocycles. The summed E-state index contributed by atoms with van der Waals surface area (Å²) in [5.41, 5.74) is 2.43. The Morgan fingerprint density at radius 2 is 1.77 bits per heavy atom. The Balaban J connectivity index is 0.00000243. The third kappa shape index (κ3) is 5.03. The average Bonchev–Trinajstić information content (AvgIpc) is 3.10. The van der Waals surface area contributed by atoms with Crippen LogP contribution in [0.15, 0.2) is 53.5 Å². The van der Waals surface area contributed by atoms with E-state index in [0.717, 1.165) is 29.6 Å². The molecule has 0 spiro atoms. The summed E-state index contributed by atoms with van der Waals surface area (Å²) in [6.07, 6.45) is 0. The molecule has 0 radical (unpaired) electrons. The standard InChI is InChI=1S/C20H25N3O2.HI/c1-20(2,16-7-5-4-6-8-16)13-23-19(21-3)22-12-15-9-10-17-18(11-15)25-14-24-17;/h4-11H,12-14H2,1-3H3,(H2,21,22,23);1H. The van der Waals surface area contributed by atoms with Gasteiger partial charge < -0.3 is 20.1 Å². The van der Waals surface area contributed by atoms with Crippen LogP contribution in [-0.2, 0) is 12.0 Å². The van der Waals surface area contributed by atoms with Crippen LogP contribution in [0.3, 0.4) is 0 Å². The van der Waals surface area contributed by atoms with Gasteiger partial charge in [-0.15, -0.1) is 24.0 Å². The number of rotatable bonds is 5. The van der Waals surface area contributed by atoms with Crippen LogP contribution in [0.1, 0.15) is 25.0 Å². The van der Waals surface area contributed by atoms with Crippen molar-refractivity contribution >= 4 is 29.9 Å². The average molecular weight is 467 g/mol. The zero-order valence-electron chi connectivity index (χ0n) is 15.4. The molecule has 1 heterocycles. The molecule has 3 rings (SSSR count). The topological polar surface area (TPSA) is 54.9 Å². The molecule has 0 saturated heterocycles. The Morgan fingerprint density at radius 1 is 1.04 bits per heavy atom. The number of benzene rings is 2. The minimum Gasteiger partial charge on any atom is -0.454 e. The number of guanidine groups is 1. The SMILES string of the molecule is CN=C(NCc1ccc2c(c1)OCO2)NCC(C)(C)c1ccccc1.I. The molecule has 0 fully saturated rings. The number of aliphatic imine (C=N–C) groups is 1. The fraction of sp³-hybridized carbons (Fsp3) is 0.350. The van der Waals surface area contributed by atoms with Crippen molar-refractivity contribution in [2.45, 2.75) is 25.8 Å². The molecule has 0 unspecified atom stereocenters. The summed E-state index contributed by atoms with van der Waals surface area (Å²) in [7, 11) is 1.78. The van der Waals surface area contributed by atoms with E-state index < -0.39 is 0 Å². The van der Waals surface area contributed by atoms with Crippen molar-refractivity contribution in [3.63, 3.8) is 0 Å². The number of nitrogens with one attached hydrogen (secondary N) is 2. The Morgan fingerprint density at radius 3 is 2.50 bits per heavy atom. The number of ether oxygens (including phenoxy) is 2. The Hall–Kier alpha value is -1.96. The van der Waals surface area contributed by atoms with Crippen LogP contribution in [0.5, 0.6) is 11.5 Å². The third-order valence-electron chi connectivity index (χ3n) is 4.37. The van der Waals surface area contributed by atoms with E-state index in [0.29, 0.717) is 13.3 Å². The van der Waals surface area contributed by atoms with E-state index in [1.165, 1.54) is 5.56 Å². The van der Waals surface area contributed by atoms with Crippen molar-refractivity contribution in [1.82, 2.24) is 10.6 Å². The van der Waals surface area contributed by atoms with Crippen molar-refractivity contribution < 1.29 is 9.47 Å². The zero-order chi connectivity index (χ0) is 17.7. The Kier molecular flexibility index (Phi) is 7.14. The number of hydrogen-bond donors (Lipinski definition) is 2. The maximum atomic E-state index is 5.42. The van der Waals surface area contributed by atoms with Gasteiger partial charge in [-0.05, 0) is 23.3 Å². The molecule has 1 aliphatic heterocycles. The first-order chi connectivity index (χ1) is 12.1. The van der Waals surface area contributed by atoms with Gasteiger partial charge in [-0.25, -0.2) is 0 Å². The van der Waals surface area contributed by atoms with Crippen LogP contribution in [0.4, 0.5) is 0 Å². The van der Waals surface area contributed by atoms with Crippen molar-refractivity contribution in [2.75, 3.05) is 20.4 Å². The van der Waals surface area contributed by atoms with Gasteiger partial charge in [0.05, 0.1) is 0 Å². The highest BCUT2D eigenvalue weighted by Gasteiger charge is 2.20. The van der Waals surface area contributed by atoms with E-state index >= 15 is 0 Å². The minimum absolute atomic E-state index is 0. The lowest BCUT2D eigenvalue weighted by molar-refractivity contribution is 0.174. The van der Waals surface area contributed by atoms with Gasteiger partial charge in [0.15, 0.2) is 17.5 Å². The summed E-state index contributed by atoms with van der Waals surface area (Å²) in [4.78, 5) is 4.31.